The van der Waals surface area contributed by atoms with Crippen LogP contribution in [0.25, 0.3) is 0 Å². The predicted octanol–water partition coefficient (Wildman–Crippen LogP) is 2.90. The molecule has 1 N–H and O–H groups in total. The number of nitrogens with one attached hydrogen (secondary N) is 1. The first-order valence-electron chi connectivity index (χ1n) is 7.32. The van der Waals surface area contributed by atoms with Gasteiger partial charge in [-0.3, -0.25) is 4.79 Å². The zero-order chi connectivity index (χ0) is 14.7. The average molecular weight is 283 g/mol. The summed E-state index contributed by atoms with van der Waals surface area (Å²) in [7, 11) is 0. The van der Waals surface area contributed by atoms with Crippen LogP contribution in [-0.4, -0.2) is 12.5 Å². The third-order valence-corrected chi connectivity index (χ3v) is 4.07. The lowest BCUT2D eigenvalue weighted by molar-refractivity contribution is -0.124. The number of carbonyl (C=O) groups excluding carboxylic acids is 1. The molecule has 3 rings (SSSR count). The van der Waals surface area contributed by atoms with Gasteiger partial charge in [-0.05, 0) is 42.0 Å². The molecule has 0 saturated carbocycles. The maximum Gasteiger partial charge on any atom is 0.223 e. The first-order chi connectivity index (χ1) is 10.2. The molecule has 2 aromatic rings. The molecule has 0 fully saturated rings. The molecule has 2 aromatic carbocycles. The smallest absolute Gasteiger partial charge is 0.223 e. The van der Waals surface area contributed by atoms with Crippen LogP contribution in [0.3, 0.4) is 0 Å². The quantitative estimate of drug-likeness (QED) is 0.918. The van der Waals surface area contributed by atoms with Crippen molar-refractivity contribution in [2.24, 2.45) is 5.92 Å². The van der Waals surface area contributed by atoms with E-state index in [2.05, 4.69) is 17.4 Å². The normalized spacial score (nSPS) is 14.0. The summed E-state index contributed by atoms with van der Waals surface area (Å²) in [5.41, 5.74) is 3.19. The molecular formula is C18H18FNO. The van der Waals surface area contributed by atoms with Crippen LogP contribution in [0.4, 0.5) is 4.39 Å². The second-order valence-electron chi connectivity index (χ2n) is 5.51. The molecule has 2 nitrogen and oxygen atoms in total. The molecule has 108 valence electrons. The Morgan fingerprint density at radius 1 is 1.05 bits per heavy atom. The molecule has 0 heterocycles. The van der Waals surface area contributed by atoms with E-state index < -0.39 is 0 Å². The molecule has 1 aliphatic rings. The van der Waals surface area contributed by atoms with Gasteiger partial charge in [-0.25, -0.2) is 4.39 Å². The third-order valence-electron chi connectivity index (χ3n) is 4.07. The Bertz CT molecular complexity index is 628. The van der Waals surface area contributed by atoms with Gasteiger partial charge < -0.3 is 5.32 Å². The van der Waals surface area contributed by atoms with Crippen molar-refractivity contribution in [2.45, 2.75) is 19.3 Å². The van der Waals surface area contributed by atoms with E-state index in [-0.39, 0.29) is 17.6 Å². The van der Waals surface area contributed by atoms with Crippen LogP contribution >= 0.6 is 0 Å². The Morgan fingerprint density at radius 3 is 2.33 bits per heavy atom. The number of hydrogen-bond donors (Lipinski definition) is 1. The number of benzene rings is 2. The molecule has 21 heavy (non-hydrogen) atoms. The second kappa shape index (κ2) is 6.08. The summed E-state index contributed by atoms with van der Waals surface area (Å²) in [6.07, 6.45) is 2.14. The third kappa shape index (κ3) is 3.13. The van der Waals surface area contributed by atoms with Crippen molar-refractivity contribution in [1.82, 2.24) is 5.32 Å². The van der Waals surface area contributed by atoms with Gasteiger partial charge >= 0.3 is 0 Å². The molecule has 1 amide bonds. The standard InChI is InChI=1S/C18H18FNO/c19-17-8-4-3-5-13(17)9-10-20-18(21)16-11-14-6-1-2-7-15(14)12-16/h1-8,16H,9-12H2,(H,20,21). The molecule has 3 heteroatoms. The number of fused-ring (bicyclic) bond motifs is 1. The first kappa shape index (κ1) is 13.8. The van der Waals surface area contributed by atoms with Gasteiger partial charge in [-0.15, -0.1) is 0 Å². The van der Waals surface area contributed by atoms with Crippen LogP contribution < -0.4 is 5.32 Å². The van der Waals surface area contributed by atoms with Crippen LogP contribution in [0, 0.1) is 11.7 Å². The van der Waals surface area contributed by atoms with Crippen molar-refractivity contribution in [1.29, 1.82) is 0 Å². The van der Waals surface area contributed by atoms with Gasteiger partial charge in [-0.2, -0.15) is 0 Å². The summed E-state index contributed by atoms with van der Waals surface area (Å²) < 4.78 is 13.5. The highest BCUT2D eigenvalue weighted by atomic mass is 19.1. The Labute approximate surface area is 124 Å². The maximum atomic E-state index is 13.5. The Morgan fingerprint density at radius 2 is 1.67 bits per heavy atom. The van der Waals surface area contributed by atoms with Crippen molar-refractivity contribution >= 4 is 5.91 Å². The summed E-state index contributed by atoms with van der Waals surface area (Å²) in [4.78, 5) is 12.2. The van der Waals surface area contributed by atoms with Crippen LogP contribution in [0.2, 0.25) is 0 Å². The first-order valence-corrected chi connectivity index (χ1v) is 7.32. The fourth-order valence-electron chi connectivity index (χ4n) is 2.91. The molecule has 0 saturated heterocycles. The lowest BCUT2D eigenvalue weighted by Crippen LogP contribution is -2.32. The van der Waals surface area contributed by atoms with Gasteiger partial charge in [0.2, 0.25) is 5.91 Å². The minimum atomic E-state index is -0.208. The summed E-state index contributed by atoms with van der Waals surface area (Å²) in [5, 5.41) is 2.93. The van der Waals surface area contributed by atoms with Crippen LogP contribution in [0.15, 0.2) is 48.5 Å². The molecule has 0 atom stereocenters. The van der Waals surface area contributed by atoms with Gasteiger partial charge in [0.05, 0.1) is 0 Å². The van der Waals surface area contributed by atoms with Gasteiger partial charge in [0.25, 0.3) is 0 Å². The minimum Gasteiger partial charge on any atom is -0.356 e. The zero-order valence-electron chi connectivity index (χ0n) is 11.8. The summed E-state index contributed by atoms with van der Waals surface area (Å²) in [6.45, 7) is 0.479. The largest absolute Gasteiger partial charge is 0.356 e. The summed E-state index contributed by atoms with van der Waals surface area (Å²) in [5.74, 6) is -0.120. The van der Waals surface area contributed by atoms with Crippen molar-refractivity contribution in [3.8, 4) is 0 Å². The monoisotopic (exact) mass is 283 g/mol. The minimum absolute atomic E-state index is 0.0167. The fraction of sp³-hybridized carbons (Fsp3) is 0.278. The van der Waals surface area contributed by atoms with E-state index in [1.54, 1.807) is 12.1 Å². The molecular weight excluding hydrogens is 265 g/mol. The SMILES string of the molecule is O=C(NCCc1ccccc1F)C1Cc2ccccc2C1. The molecule has 0 unspecified atom stereocenters. The van der Waals surface area contributed by atoms with Crippen molar-refractivity contribution in [2.75, 3.05) is 6.54 Å². The van der Waals surface area contributed by atoms with E-state index in [9.17, 15) is 9.18 Å². The summed E-state index contributed by atoms with van der Waals surface area (Å²) >= 11 is 0. The van der Waals surface area contributed by atoms with E-state index in [0.717, 1.165) is 12.8 Å². The van der Waals surface area contributed by atoms with Crippen LogP contribution in [-0.2, 0) is 24.1 Å². The highest BCUT2D eigenvalue weighted by Gasteiger charge is 2.26. The molecule has 0 bridgehead atoms. The molecule has 0 aliphatic heterocycles. The summed E-state index contributed by atoms with van der Waals surface area (Å²) in [6, 6.07) is 14.9. The maximum absolute atomic E-state index is 13.5. The zero-order valence-corrected chi connectivity index (χ0v) is 11.8. The second-order valence-corrected chi connectivity index (χ2v) is 5.51. The predicted molar refractivity (Wildman–Crippen MR) is 80.5 cm³/mol. The molecule has 0 radical (unpaired) electrons. The highest BCUT2D eigenvalue weighted by molar-refractivity contribution is 5.80. The lowest BCUT2D eigenvalue weighted by Gasteiger charge is -2.10. The number of hydrogen-bond acceptors (Lipinski definition) is 1. The average Bonchev–Trinajstić information content (AvgIpc) is 2.93. The fourth-order valence-corrected chi connectivity index (χ4v) is 2.91. The van der Waals surface area contributed by atoms with Gasteiger partial charge in [-0.1, -0.05) is 42.5 Å². The van der Waals surface area contributed by atoms with Crippen molar-refractivity contribution in [3.63, 3.8) is 0 Å². The van der Waals surface area contributed by atoms with Gasteiger partial charge in [0, 0.05) is 12.5 Å². The van der Waals surface area contributed by atoms with E-state index in [0.29, 0.717) is 18.5 Å². The Balaban J connectivity index is 1.51. The molecule has 1 aliphatic carbocycles. The number of amides is 1. The Hall–Kier alpha value is -2.16. The number of halogens is 1. The lowest BCUT2D eigenvalue weighted by atomic mass is 10.1. The van der Waals surface area contributed by atoms with Crippen LogP contribution in [0.1, 0.15) is 16.7 Å². The van der Waals surface area contributed by atoms with E-state index in [1.165, 1.54) is 17.2 Å². The number of rotatable bonds is 4. The van der Waals surface area contributed by atoms with E-state index in [4.69, 9.17) is 0 Å². The Kier molecular flexibility index (Phi) is 4.00. The highest BCUT2D eigenvalue weighted by Crippen LogP contribution is 2.26. The van der Waals surface area contributed by atoms with Crippen molar-refractivity contribution in [3.05, 3.63) is 71.0 Å². The van der Waals surface area contributed by atoms with E-state index in [1.807, 2.05) is 18.2 Å². The topological polar surface area (TPSA) is 29.1 Å². The van der Waals surface area contributed by atoms with E-state index >= 15 is 0 Å². The van der Waals surface area contributed by atoms with Gasteiger partial charge in [0.15, 0.2) is 0 Å². The molecule has 0 aromatic heterocycles. The van der Waals surface area contributed by atoms with Crippen LogP contribution in [0.5, 0.6) is 0 Å². The number of carbonyl (C=O) groups is 1. The van der Waals surface area contributed by atoms with Crippen molar-refractivity contribution < 1.29 is 9.18 Å². The molecule has 0 spiro atoms. The van der Waals surface area contributed by atoms with Gasteiger partial charge in [0.1, 0.15) is 5.82 Å².